The van der Waals surface area contributed by atoms with Gasteiger partial charge in [-0.3, -0.25) is 4.68 Å². The molecule has 0 radical (unpaired) electrons. The quantitative estimate of drug-likeness (QED) is 0.345. The van der Waals surface area contributed by atoms with Crippen LogP contribution in [0.2, 0.25) is 0 Å². The van der Waals surface area contributed by atoms with Crippen LogP contribution in [0.1, 0.15) is 17.2 Å². The van der Waals surface area contributed by atoms with Gasteiger partial charge in [0.1, 0.15) is 22.5 Å². The highest BCUT2D eigenvalue weighted by molar-refractivity contribution is 7.92. The number of halogens is 5. The maximum absolute atomic E-state index is 14.7. The highest BCUT2D eigenvalue weighted by atomic mass is 32.2. The van der Waals surface area contributed by atoms with Crippen molar-refractivity contribution in [3.8, 4) is 17.2 Å². The summed E-state index contributed by atoms with van der Waals surface area (Å²) in [7, 11) is -3.36. The Morgan fingerprint density at radius 2 is 1.78 bits per heavy atom. The van der Waals surface area contributed by atoms with E-state index in [0.29, 0.717) is 0 Å². The molecule has 1 heterocycles. The standard InChI is InChI=1S/C24H17F5N2O5S/c1-31-12-14(11-30-31)35-17-8-9-19(20-16(17)10-23(25,26)22(20)32)37(33,34)21-15-5-3-2-4-13(15)6-7-18(21)36-24(27,28)29/h2-9,11-12,22,32H,10H2,1H3/t22-/m0/s1. The summed E-state index contributed by atoms with van der Waals surface area (Å²) < 4.78 is 108. The van der Waals surface area contributed by atoms with Crippen LogP contribution in [-0.2, 0) is 23.3 Å². The van der Waals surface area contributed by atoms with E-state index < -0.39 is 55.8 Å². The zero-order chi connectivity index (χ0) is 26.8. The lowest BCUT2D eigenvalue weighted by Crippen LogP contribution is -2.22. The van der Waals surface area contributed by atoms with E-state index in [-0.39, 0.29) is 27.8 Å². The number of aryl methyl sites for hydroxylation is 1. The van der Waals surface area contributed by atoms with Gasteiger partial charge in [0.25, 0.3) is 5.92 Å². The maximum Gasteiger partial charge on any atom is 0.573 e. The van der Waals surface area contributed by atoms with Crippen LogP contribution in [0.3, 0.4) is 0 Å². The molecule has 37 heavy (non-hydrogen) atoms. The number of benzene rings is 3. The number of sulfone groups is 1. The third-order valence-corrected chi connectivity index (χ3v) is 7.79. The third-order valence-electron chi connectivity index (χ3n) is 5.90. The van der Waals surface area contributed by atoms with Crippen LogP contribution in [0, 0.1) is 0 Å². The lowest BCUT2D eigenvalue weighted by atomic mass is 10.1. The van der Waals surface area contributed by atoms with Crippen molar-refractivity contribution >= 4 is 20.6 Å². The summed E-state index contributed by atoms with van der Waals surface area (Å²) >= 11 is 0. The second-order valence-corrected chi connectivity index (χ2v) is 10.3. The smallest absolute Gasteiger partial charge is 0.454 e. The minimum atomic E-state index is -5.23. The van der Waals surface area contributed by atoms with Crippen LogP contribution in [0.25, 0.3) is 10.8 Å². The molecule has 0 saturated carbocycles. The molecule has 5 rings (SSSR count). The Morgan fingerprint density at radius 3 is 2.46 bits per heavy atom. The molecule has 194 valence electrons. The first-order valence-electron chi connectivity index (χ1n) is 10.7. The molecule has 1 aliphatic rings. The molecular weight excluding hydrogens is 523 g/mol. The summed E-state index contributed by atoms with van der Waals surface area (Å²) in [5.74, 6) is -4.77. The number of ether oxygens (including phenoxy) is 2. The first-order chi connectivity index (χ1) is 17.3. The van der Waals surface area contributed by atoms with Gasteiger partial charge in [-0.05, 0) is 23.6 Å². The van der Waals surface area contributed by atoms with Crippen molar-refractivity contribution in [1.82, 2.24) is 9.78 Å². The fourth-order valence-corrected chi connectivity index (χ4v) is 6.21. The zero-order valence-electron chi connectivity index (χ0n) is 18.8. The fourth-order valence-electron chi connectivity index (χ4n) is 4.37. The van der Waals surface area contributed by atoms with Gasteiger partial charge in [0.2, 0.25) is 9.84 Å². The van der Waals surface area contributed by atoms with Crippen LogP contribution in [-0.4, -0.2) is 35.6 Å². The van der Waals surface area contributed by atoms with Crippen LogP contribution in [0.5, 0.6) is 17.2 Å². The maximum atomic E-state index is 14.7. The Kier molecular flexibility index (Phi) is 5.68. The number of alkyl halides is 5. The number of aliphatic hydroxyl groups is 1. The van der Waals surface area contributed by atoms with E-state index in [9.17, 15) is 35.5 Å². The van der Waals surface area contributed by atoms with Gasteiger partial charge in [-0.15, -0.1) is 13.2 Å². The summed E-state index contributed by atoms with van der Waals surface area (Å²) in [6.07, 6.45) is -6.09. The van der Waals surface area contributed by atoms with Gasteiger partial charge < -0.3 is 14.6 Å². The molecule has 0 fully saturated rings. The van der Waals surface area contributed by atoms with Gasteiger partial charge in [0.05, 0.1) is 17.3 Å². The SMILES string of the molecule is Cn1cc(Oc2ccc(S(=O)(=O)c3c(OC(F)(F)F)ccc4ccccc34)c3c2CC(F)(F)[C@H]3O)cn1. The summed E-state index contributed by atoms with van der Waals surface area (Å²) in [5, 5.41) is 14.5. The molecule has 0 unspecified atom stereocenters. The Labute approximate surface area is 206 Å². The average molecular weight is 540 g/mol. The molecule has 0 saturated heterocycles. The first kappa shape index (κ1) is 25.0. The second kappa shape index (κ2) is 8.42. The van der Waals surface area contributed by atoms with E-state index in [2.05, 4.69) is 9.84 Å². The number of rotatable bonds is 5. The molecule has 4 aromatic rings. The van der Waals surface area contributed by atoms with Gasteiger partial charge in [0.15, 0.2) is 5.75 Å². The average Bonchev–Trinajstić information content (AvgIpc) is 3.32. The molecule has 0 aliphatic heterocycles. The third kappa shape index (κ3) is 4.37. The molecule has 0 bridgehead atoms. The number of nitrogens with zero attached hydrogens (tertiary/aromatic N) is 2. The summed E-state index contributed by atoms with van der Waals surface area (Å²) in [6, 6.07) is 9.83. The monoisotopic (exact) mass is 540 g/mol. The van der Waals surface area contributed by atoms with E-state index in [1.807, 2.05) is 0 Å². The van der Waals surface area contributed by atoms with Gasteiger partial charge in [-0.1, -0.05) is 30.3 Å². The Balaban J connectivity index is 1.75. The highest BCUT2D eigenvalue weighted by Crippen LogP contribution is 2.51. The Bertz CT molecular complexity index is 1630. The number of hydrogen-bond acceptors (Lipinski definition) is 6. The Hall–Kier alpha value is -3.71. The van der Waals surface area contributed by atoms with Crippen molar-refractivity contribution in [1.29, 1.82) is 0 Å². The number of fused-ring (bicyclic) bond motifs is 2. The second-order valence-electron chi connectivity index (χ2n) is 8.41. The minimum absolute atomic E-state index is 0.118. The van der Waals surface area contributed by atoms with Crippen molar-refractivity contribution in [2.24, 2.45) is 7.05 Å². The van der Waals surface area contributed by atoms with Crippen molar-refractivity contribution in [3.63, 3.8) is 0 Å². The van der Waals surface area contributed by atoms with Gasteiger partial charge in [-0.2, -0.15) is 5.10 Å². The van der Waals surface area contributed by atoms with Gasteiger partial charge in [0, 0.05) is 30.0 Å². The molecule has 13 heteroatoms. The topological polar surface area (TPSA) is 90.7 Å². The van der Waals surface area contributed by atoms with E-state index in [1.165, 1.54) is 41.3 Å². The molecule has 1 atom stereocenters. The minimum Gasteiger partial charge on any atom is -0.454 e. The first-order valence-corrected chi connectivity index (χ1v) is 12.2. The van der Waals surface area contributed by atoms with Crippen molar-refractivity contribution in [2.75, 3.05) is 0 Å². The van der Waals surface area contributed by atoms with Crippen LogP contribution < -0.4 is 9.47 Å². The highest BCUT2D eigenvalue weighted by Gasteiger charge is 2.51. The molecule has 7 nitrogen and oxygen atoms in total. The Morgan fingerprint density at radius 1 is 1.08 bits per heavy atom. The van der Waals surface area contributed by atoms with Crippen molar-refractivity contribution in [3.05, 3.63) is 72.1 Å². The fraction of sp³-hybridized carbons (Fsp3) is 0.208. The largest absolute Gasteiger partial charge is 0.573 e. The summed E-state index contributed by atoms with van der Waals surface area (Å²) in [6.45, 7) is 0. The molecule has 3 aromatic carbocycles. The number of aromatic nitrogens is 2. The summed E-state index contributed by atoms with van der Waals surface area (Å²) in [5.41, 5.74) is -0.946. The predicted molar refractivity (Wildman–Crippen MR) is 119 cm³/mol. The number of hydrogen-bond donors (Lipinski definition) is 1. The van der Waals surface area contributed by atoms with Crippen molar-refractivity contribution in [2.45, 2.75) is 34.6 Å². The van der Waals surface area contributed by atoms with E-state index in [1.54, 1.807) is 13.1 Å². The normalized spacial score (nSPS) is 17.1. The molecule has 1 aliphatic carbocycles. The van der Waals surface area contributed by atoms with E-state index in [4.69, 9.17) is 4.74 Å². The van der Waals surface area contributed by atoms with Crippen LogP contribution in [0.4, 0.5) is 22.0 Å². The molecule has 1 N–H and O–H groups in total. The van der Waals surface area contributed by atoms with E-state index >= 15 is 0 Å². The lowest BCUT2D eigenvalue weighted by Gasteiger charge is -2.19. The lowest BCUT2D eigenvalue weighted by molar-refractivity contribution is -0.275. The van der Waals surface area contributed by atoms with Crippen molar-refractivity contribution < 1.29 is 45.0 Å². The van der Waals surface area contributed by atoms with Gasteiger partial charge in [-0.25, -0.2) is 17.2 Å². The number of aliphatic hydroxyl groups excluding tert-OH is 1. The zero-order valence-corrected chi connectivity index (χ0v) is 19.6. The van der Waals surface area contributed by atoms with E-state index in [0.717, 1.165) is 18.2 Å². The molecule has 1 aromatic heterocycles. The molecular formula is C24H17F5N2O5S. The summed E-state index contributed by atoms with van der Waals surface area (Å²) in [4.78, 5) is -1.65. The molecule has 0 amide bonds. The van der Waals surface area contributed by atoms with Crippen LogP contribution >= 0.6 is 0 Å². The predicted octanol–water partition coefficient (Wildman–Crippen LogP) is 5.32. The van der Waals surface area contributed by atoms with Crippen LogP contribution in [0.15, 0.2) is 70.7 Å². The van der Waals surface area contributed by atoms with Gasteiger partial charge >= 0.3 is 6.36 Å². The molecule has 0 spiro atoms.